The van der Waals surface area contributed by atoms with E-state index in [4.69, 9.17) is 0 Å². The van der Waals surface area contributed by atoms with E-state index in [1.54, 1.807) is 11.3 Å². The fourth-order valence-electron chi connectivity index (χ4n) is 5.16. The van der Waals surface area contributed by atoms with Gasteiger partial charge in [-0.05, 0) is 81.1 Å². The molecule has 1 aliphatic heterocycles. The van der Waals surface area contributed by atoms with Gasteiger partial charge in [0.2, 0.25) is 5.52 Å². The number of hydrogen-bond acceptors (Lipinski definition) is 2. The number of piperidine rings is 1. The van der Waals surface area contributed by atoms with Crippen LogP contribution in [0, 0.1) is 5.92 Å². The average Bonchev–Trinajstić information content (AvgIpc) is 3.10. The minimum absolute atomic E-state index is 0.784. The Bertz CT molecular complexity index is 956. The molecule has 0 saturated carbocycles. The summed E-state index contributed by atoms with van der Waals surface area (Å²) in [5.74, 6) is 0.784. The highest BCUT2D eigenvalue weighted by Crippen LogP contribution is 2.39. The van der Waals surface area contributed by atoms with E-state index in [-0.39, 0.29) is 0 Å². The quantitative estimate of drug-likeness (QED) is 0.574. The largest absolute Gasteiger partial charge is 0.375 e. The summed E-state index contributed by atoms with van der Waals surface area (Å²) >= 11 is 1.93. The van der Waals surface area contributed by atoms with E-state index in [0.717, 1.165) is 12.5 Å². The van der Waals surface area contributed by atoms with Crippen molar-refractivity contribution >= 4 is 27.6 Å². The van der Waals surface area contributed by atoms with Gasteiger partial charge >= 0.3 is 0 Å². The molecule has 3 aliphatic rings. The molecule has 1 saturated heterocycles. The maximum atomic E-state index is 2.66. The lowest BCUT2D eigenvalue weighted by atomic mass is 9.78. The smallest absolute Gasteiger partial charge is 0.263 e. The Kier molecular flexibility index (Phi) is 5.11. The number of rotatable bonds is 3. The average molecular weight is 392 g/mol. The zero-order valence-corrected chi connectivity index (χ0v) is 17.8. The van der Waals surface area contributed by atoms with Gasteiger partial charge in [0.1, 0.15) is 11.2 Å². The zero-order chi connectivity index (χ0) is 18.9. The Labute approximate surface area is 172 Å². The second-order valence-electron chi connectivity index (χ2n) is 8.47. The topological polar surface area (TPSA) is 7.12 Å². The molecule has 1 unspecified atom stereocenters. The molecule has 0 radical (unpaired) electrons. The van der Waals surface area contributed by atoms with Gasteiger partial charge in [-0.15, -0.1) is 0 Å². The van der Waals surface area contributed by atoms with E-state index in [0.29, 0.717) is 0 Å². The highest BCUT2D eigenvalue weighted by molar-refractivity contribution is 7.18. The Balaban J connectivity index is 1.47. The third-order valence-electron chi connectivity index (χ3n) is 6.71. The first-order valence-corrected chi connectivity index (χ1v) is 11.9. The summed E-state index contributed by atoms with van der Waals surface area (Å²) in [5, 5.41) is 1.39. The molecule has 28 heavy (non-hydrogen) atoms. The number of benzene rings is 1. The fraction of sp³-hybridized carbons (Fsp3) is 0.480. The molecular formula is C25H31N2S+. The van der Waals surface area contributed by atoms with Crippen LogP contribution in [0.4, 0.5) is 0 Å². The van der Waals surface area contributed by atoms with Gasteiger partial charge in [-0.25, -0.2) is 0 Å². The van der Waals surface area contributed by atoms with Crippen molar-refractivity contribution in [3.8, 4) is 0 Å². The van der Waals surface area contributed by atoms with Crippen LogP contribution in [0.5, 0.6) is 0 Å². The SMILES string of the molecule is CC[n+]1c(/C=C2/C=C3C=C(N4CCCCC4)CCC3CC2)sc2ccccc21. The second kappa shape index (κ2) is 7.87. The Morgan fingerprint density at radius 3 is 2.75 bits per heavy atom. The number of likely N-dealkylation sites (tertiary alicyclic amines) is 1. The third-order valence-corrected chi connectivity index (χ3v) is 7.82. The molecule has 2 heterocycles. The molecule has 1 aromatic heterocycles. The number of aromatic nitrogens is 1. The molecule has 0 amide bonds. The van der Waals surface area contributed by atoms with Crippen LogP contribution in [-0.2, 0) is 6.54 Å². The highest BCUT2D eigenvalue weighted by Gasteiger charge is 2.26. The minimum atomic E-state index is 0.784. The lowest BCUT2D eigenvalue weighted by Crippen LogP contribution is -2.33. The van der Waals surface area contributed by atoms with Crippen molar-refractivity contribution in [3.63, 3.8) is 0 Å². The molecule has 0 spiro atoms. The normalized spacial score (nSPS) is 24.2. The highest BCUT2D eigenvalue weighted by atomic mass is 32.1. The van der Waals surface area contributed by atoms with Crippen LogP contribution in [0.2, 0.25) is 0 Å². The number of aryl methyl sites for hydroxylation is 1. The van der Waals surface area contributed by atoms with Crippen LogP contribution in [-0.4, -0.2) is 18.0 Å². The summed E-state index contributed by atoms with van der Waals surface area (Å²) in [7, 11) is 0. The summed E-state index contributed by atoms with van der Waals surface area (Å²) < 4.78 is 3.86. The molecule has 1 atom stereocenters. The maximum absolute atomic E-state index is 2.66. The minimum Gasteiger partial charge on any atom is -0.375 e. The van der Waals surface area contributed by atoms with Crippen molar-refractivity contribution < 1.29 is 4.57 Å². The first-order chi connectivity index (χ1) is 13.8. The molecule has 1 fully saturated rings. The molecular weight excluding hydrogens is 360 g/mol. The van der Waals surface area contributed by atoms with Gasteiger partial charge in [-0.1, -0.05) is 29.5 Å². The third kappa shape index (κ3) is 3.45. The van der Waals surface area contributed by atoms with Crippen LogP contribution in [0.3, 0.4) is 0 Å². The predicted octanol–water partition coefficient (Wildman–Crippen LogP) is 6.09. The number of para-hydroxylation sites is 1. The monoisotopic (exact) mass is 391 g/mol. The van der Waals surface area contributed by atoms with Crippen LogP contribution >= 0.6 is 11.3 Å². The zero-order valence-electron chi connectivity index (χ0n) is 17.0. The Hall–Kier alpha value is -1.87. The van der Waals surface area contributed by atoms with Crippen LogP contribution in [0.25, 0.3) is 16.3 Å². The van der Waals surface area contributed by atoms with Crippen molar-refractivity contribution in [2.24, 2.45) is 5.92 Å². The molecule has 0 N–H and O–H groups in total. The Morgan fingerprint density at radius 2 is 1.89 bits per heavy atom. The standard InChI is InChI=1S/C25H31N2S/c1-2-27-23-8-4-5-9-24(23)28-25(27)17-19-10-11-20-12-13-22(18-21(20)16-19)26-14-6-3-7-15-26/h4-5,8-9,16-18,20H,2-3,6-7,10-15H2,1H3/q+1. The molecule has 2 aromatic rings. The first-order valence-electron chi connectivity index (χ1n) is 11.1. The van der Waals surface area contributed by atoms with E-state index >= 15 is 0 Å². The number of fused-ring (bicyclic) bond motifs is 2. The number of nitrogens with zero attached hydrogens (tertiary/aromatic N) is 2. The van der Waals surface area contributed by atoms with E-state index in [1.807, 2.05) is 11.3 Å². The van der Waals surface area contributed by atoms with Crippen molar-refractivity contribution in [1.82, 2.24) is 4.90 Å². The van der Waals surface area contributed by atoms with Gasteiger partial charge in [0.15, 0.2) is 0 Å². The first kappa shape index (κ1) is 18.2. The van der Waals surface area contributed by atoms with E-state index < -0.39 is 0 Å². The lowest BCUT2D eigenvalue weighted by molar-refractivity contribution is -0.665. The van der Waals surface area contributed by atoms with Gasteiger partial charge in [0.25, 0.3) is 5.01 Å². The molecule has 2 nitrogen and oxygen atoms in total. The fourth-order valence-corrected chi connectivity index (χ4v) is 6.36. The lowest BCUT2D eigenvalue weighted by Gasteiger charge is -2.36. The second-order valence-corrected chi connectivity index (χ2v) is 9.54. The van der Waals surface area contributed by atoms with E-state index in [1.165, 1.54) is 78.8 Å². The van der Waals surface area contributed by atoms with Crippen LogP contribution in [0.1, 0.15) is 56.9 Å². The van der Waals surface area contributed by atoms with Gasteiger partial charge in [0.05, 0.1) is 0 Å². The summed E-state index contributed by atoms with van der Waals surface area (Å²) in [6, 6.07) is 8.80. The van der Waals surface area contributed by atoms with Gasteiger partial charge in [0, 0.05) is 30.9 Å². The summed E-state index contributed by atoms with van der Waals surface area (Å²) in [5.41, 5.74) is 6.08. The summed E-state index contributed by atoms with van der Waals surface area (Å²) in [4.78, 5) is 2.66. The molecule has 1 aromatic carbocycles. The number of allylic oxidation sites excluding steroid dienone is 5. The molecule has 146 valence electrons. The van der Waals surface area contributed by atoms with Gasteiger partial charge in [-0.2, -0.15) is 4.57 Å². The van der Waals surface area contributed by atoms with Crippen molar-refractivity contribution in [2.75, 3.05) is 13.1 Å². The van der Waals surface area contributed by atoms with Crippen LogP contribution < -0.4 is 4.57 Å². The Morgan fingerprint density at radius 1 is 1.07 bits per heavy atom. The van der Waals surface area contributed by atoms with Gasteiger partial charge < -0.3 is 4.90 Å². The molecule has 2 aliphatic carbocycles. The number of thiazole rings is 1. The van der Waals surface area contributed by atoms with Crippen molar-refractivity contribution in [1.29, 1.82) is 0 Å². The van der Waals surface area contributed by atoms with Crippen LogP contribution in [0.15, 0.2) is 53.3 Å². The predicted molar refractivity (Wildman–Crippen MR) is 119 cm³/mol. The molecule has 0 bridgehead atoms. The van der Waals surface area contributed by atoms with E-state index in [2.05, 4.69) is 58.9 Å². The van der Waals surface area contributed by atoms with Crippen molar-refractivity contribution in [2.45, 2.75) is 58.4 Å². The summed E-state index contributed by atoms with van der Waals surface area (Å²) in [6.07, 6.45) is 16.8. The van der Waals surface area contributed by atoms with Gasteiger partial charge in [-0.3, -0.25) is 0 Å². The molecule has 5 rings (SSSR count). The number of hydrogen-bond donors (Lipinski definition) is 0. The summed E-state index contributed by atoms with van der Waals surface area (Å²) in [6.45, 7) is 5.82. The van der Waals surface area contributed by atoms with Crippen molar-refractivity contribution in [3.05, 3.63) is 58.3 Å². The molecule has 3 heteroatoms. The van der Waals surface area contributed by atoms with E-state index in [9.17, 15) is 0 Å². The maximum Gasteiger partial charge on any atom is 0.263 e.